The van der Waals surface area contributed by atoms with Crippen molar-refractivity contribution in [3.05, 3.63) is 64.8 Å². The third kappa shape index (κ3) is 5.98. The van der Waals surface area contributed by atoms with Gasteiger partial charge >= 0.3 is 5.97 Å². The van der Waals surface area contributed by atoms with E-state index in [0.717, 1.165) is 48.1 Å². The summed E-state index contributed by atoms with van der Waals surface area (Å²) in [5.41, 5.74) is 2.46. The van der Waals surface area contributed by atoms with Gasteiger partial charge < -0.3 is 10.1 Å². The third-order valence-electron chi connectivity index (χ3n) is 5.84. The Kier molecular flexibility index (Phi) is 7.60. The molecule has 1 N–H and O–H groups in total. The number of aromatic nitrogens is 1. The minimum Gasteiger partial charge on any atom is -0.461 e. The lowest BCUT2D eigenvalue weighted by atomic mass is 10.1. The van der Waals surface area contributed by atoms with E-state index in [-0.39, 0.29) is 22.0 Å². The average molecular weight is 519 g/mol. The number of sulfone groups is 1. The summed E-state index contributed by atoms with van der Waals surface area (Å²) in [4.78, 5) is 18.6. The van der Waals surface area contributed by atoms with Crippen LogP contribution in [0.4, 0.5) is 5.13 Å². The Morgan fingerprint density at radius 2 is 1.91 bits per heavy atom. The molecule has 1 fully saturated rings. The summed E-state index contributed by atoms with van der Waals surface area (Å²) in [6, 6.07) is 14.1. The number of rotatable bonds is 8. The van der Waals surface area contributed by atoms with E-state index in [2.05, 4.69) is 10.3 Å². The molecule has 6 nitrogen and oxygen atoms in total. The molecule has 1 atom stereocenters. The maximum atomic E-state index is 13.1. The molecule has 1 aliphatic rings. The zero-order chi connectivity index (χ0) is 24.3. The van der Waals surface area contributed by atoms with Crippen molar-refractivity contribution in [1.29, 1.82) is 0 Å². The van der Waals surface area contributed by atoms with Gasteiger partial charge in [0.25, 0.3) is 0 Å². The van der Waals surface area contributed by atoms with Crippen LogP contribution in [0.1, 0.15) is 36.9 Å². The highest BCUT2D eigenvalue weighted by atomic mass is 35.5. The lowest BCUT2D eigenvalue weighted by molar-refractivity contribution is -0.149. The SMILES string of the molecule is Cc1nc(N[C@@H](Cc2ccccc2)C(=O)OC2CCCC2)sc1-c1ccc(Cl)c(S(C)(=O)=O)c1. The monoisotopic (exact) mass is 518 g/mol. The van der Waals surface area contributed by atoms with Crippen LogP contribution in [0, 0.1) is 6.92 Å². The summed E-state index contributed by atoms with van der Waals surface area (Å²) < 4.78 is 30.0. The number of nitrogens with one attached hydrogen (secondary N) is 1. The van der Waals surface area contributed by atoms with Crippen molar-refractivity contribution in [1.82, 2.24) is 4.98 Å². The van der Waals surface area contributed by atoms with Gasteiger partial charge in [0.2, 0.25) is 0 Å². The Morgan fingerprint density at radius 1 is 1.21 bits per heavy atom. The minimum absolute atomic E-state index is 0.0235. The minimum atomic E-state index is -3.47. The number of carbonyl (C=O) groups excluding carboxylic acids is 1. The maximum Gasteiger partial charge on any atom is 0.329 e. The van der Waals surface area contributed by atoms with E-state index >= 15 is 0 Å². The van der Waals surface area contributed by atoms with Gasteiger partial charge in [-0.15, -0.1) is 0 Å². The van der Waals surface area contributed by atoms with Crippen LogP contribution in [-0.2, 0) is 25.8 Å². The lowest BCUT2D eigenvalue weighted by Crippen LogP contribution is -2.35. The smallest absolute Gasteiger partial charge is 0.329 e. The highest BCUT2D eigenvalue weighted by molar-refractivity contribution is 7.90. The second kappa shape index (κ2) is 10.5. The molecular weight excluding hydrogens is 492 g/mol. The molecule has 0 spiro atoms. The number of aryl methyl sites for hydroxylation is 1. The second-order valence-corrected chi connectivity index (χ2v) is 12.0. The van der Waals surface area contributed by atoms with Crippen molar-refractivity contribution in [2.24, 2.45) is 0 Å². The number of hydrogen-bond donors (Lipinski definition) is 1. The number of carbonyl (C=O) groups is 1. The fourth-order valence-electron chi connectivity index (χ4n) is 4.10. The molecule has 1 aliphatic carbocycles. The molecule has 9 heteroatoms. The van der Waals surface area contributed by atoms with Crippen LogP contribution in [-0.4, -0.2) is 37.8 Å². The molecule has 0 bridgehead atoms. The van der Waals surface area contributed by atoms with E-state index in [0.29, 0.717) is 17.1 Å². The highest BCUT2D eigenvalue weighted by Gasteiger charge is 2.27. The van der Waals surface area contributed by atoms with E-state index < -0.39 is 15.9 Å². The van der Waals surface area contributed by atoms with Gasteiger partial charge in [-0.2, -0.15) is 0 Å². The summed E-state index contributed by atoms with van der Waals surface area (Å²) >= 11 is 7.48. The molecule has 34 heavy (non-hydrogen) atoms. The van der Waals surface area contributed by atoms with Gasteiger partial charge in [-0.1, -0.05) is 59.3 Å². The third-order valence-corrected chi connectivity index (χ3v) is 8.56. The molecule has 1 heterocycles. The van der Waals surface area contributed by atoms with Crippen molar-refractivity contribution in [3.63, 3.8) is 0 Å². The molecule has 0 saturated heterocycles. The molecule has 3 aromatic rings. The molecule has 0 aliphatic heterocycles. The van der Waals surface area contributed by atoms with Gasteiger partial charge in [-0.3, -0.25) is 0 Å². The van der Waals surface area contributed by atoms with Crippen molar-refractivity contribution < 1.29 is 17.9 Å². The van der Waals surface area contributed by atoms with Crippen molar-refractivity contribution in [3.8, 4) is 10.4 Å². The van der Waals surface area contributed by atoms with Crippen molar-refractivity contribution in [2.45, 2.75) is 56.1 Å². The van der Waals surface area contributed by atoms with Crippen LogP contribution in [0.5, 0.6) is 0 Å². The summed E-state index contributed by atoms with van der Waals surface area (Å²) in [6.07, 6.45) is 5.56. The number of ether oxygens (including phenoxy) is 1. The van der Waals surface area contributed by atoms with E-state index in [1.54, 1.807) is 18.2 Å². The summed E-state index contributed by atoms with van der Waals surface area (Å²) in [5, 5.41) is 4.04. The largest absolute Gasteiger partial charge is 0.461 e. The van der Waals surface area contributed by atoms with E-state index in [1.807, 2.05) is 37.3 Å². The molecule has 2 aromatic carbocycles. The average Bonchev–Trinajstić information content (AvgIpc) is 3.43. The maximum absolute atomic E-state index is 13.1. The number of esters is 1. The zero-order valence-corrected chi connectivity index (χ0v) is 21.5. The predicted octanol–water partition coefficient (Wildman–Crippen LogP) is 5.68. The first-order valence-electron chi connectivity index (χ1n) is 11.2. The van der Waals surface area contributed by atoms with Gasteiger partial charge in [0.05, 0.1) is 20.5 Å². The molecule has 0 amide bonds. The van der Waals surface area contributed by atoms with Crippen LogP contribution in [0.15, 0.2) is 53.4 Å². The Labute approximate surface area is 209 Å². The molecule has 4 rings (SSSR count). The number of hydrogen-bond acceptors (Lipinski definition) is 7. The molecule has 180 valence electrons. The molecule has 1 saturated carbocycles. The highest BCUT2D eigenvalue weighted by Crippen LogP contribution is 2.36. The molecule has 1 aromatic heterocycles. The van der Waals surface area contributed by atoms with Gasteiger partial charge in [-0.05, 0) is 55.9 Å². The quantitative estimate of drug-likeness (QED) is 0.386. The number of anilines is 1. The fourth-order valence-corrected chi connectivity index (χ4v) is 6.42. The molecular formula is C25H27ClN2O4S2. The lowest BCUT2D eigenvalue weighted by Gasteiger charge is -2.20. The van der Waals surface area contributed by atoms with E-state index in [4.69, 9.17) is 16.3 Å². The normalized spacial score (nSPS) is 15.3. The first-order chi connectivity index (χ1) is 16.2. The van der Waals surface area contributed by atoms with Crippen molar-refractivity contribution in [2.75, 3.05) is 11.6 Å². The number of thiazole rings is 1. The van der Waals surface area contributed by atoms with E-state index in [9.17, 15) is 13.2 Å². The topological polar surface area (TPSA) is 85.4 Å². The fraction of sp³-hybridized carbons (Fsp3) is 0.360. The summed E-state index contributed by atoms with van der Waals surface area (Å²) in [7, 11) is -3.47. The van der Waals surface area contributed by atoms with E-state index in [1.165, 1.54) is 11.3 Å². The first kappa shape index (κ1) is 24.7. The van der Waals surface area contributed by atoms with Crippen LogP contribution < -0.4 is 5.32 Å². The predicted molar refractivity (Wildman–Crippen MR) is 136 cm³/mol. The van der Waals surface area contributed by atoms with Gasteiger partial charge in [0, 0.05) is 12.7 Å². The summed E-state index contributed by atoms with van der Waals surface area (Å²) in [5.74, 6) is -0.281. The van der Waals surface area contributed by atoms with Crippen LogP contribution in [0.2, 0.25) is 5.02 Å². The number of benzene rings is 2. The number of halogens is 1. The molecule has 0 unspecified atom stereocenters. The Bertz CT molecular complexity index is 1270. The Morgan fingerprint density at radius 3 is 2.59 bits per heavy atom. The first-order valence-corrected chi connectivity index (χ1v) is 14.3. The van der Waals surface area contributed by atoms with Gasteiger partial charge in [-0.25, -0.2) is 18.2 Å². The molecule has 0 radical (unpaired) electrons. The summed E-state index contributed by atoms with van der Waals surface area (Å²) in [6.45, 7) is 1.86. The number of nitrogens with zero attached hydrogens (tertiary/aromatic N) is 1. The van der Waals surface area contributed by atoms with Gasteiger partial charge in [0.1, 0.15) is 12.1 Å². The standard InChI is InChI=1S/C25H27ClN2O4S2/c1-16-23(18-12-13-20(26)22(15-18)34(2,30)31)33-25(27-16)28-21(14-17-8-4-3-5-9-17)24(29)32-19-10-6-7-11-19/h3-5,8-9,12-13,15,19,21H,6-7,10-11,14H2,1-2H3,(H,27,28)/t21-/m0/s1. The van der Waals surface area contributed by atoms with Gasteiger partial charge in [0.15, 0.2) is 15.0 Å². The Hall–Kier alpha value is -2.42. The zero-order valence-electron chi connectivity index (χ0n) is 19.1. The van der Waals surface area contributed by atoms with Crippen molar-refractivity contribution >= 4 is 43.9 Å². The second-order valence-electron chi connectivity index (χ2n) is 8.58. The van der Waals surface area contributed by atoms with Crippen LogP contribution >= 0.6 is 22.9 Å². The Balaban J connectivity index is 1.59. The van der Waals surface area contributed by atoms with Crippen LogP contribution in [0.3, 0.4) is 0 Å². The van der Waals surface area contributed by atoms with Crippen LogP contribution in [0.25, 0.3) is 10.4 Å².